The molecule has 154 valence electrons. The minimum absolute atomic E-state index is 0.0553. The van der Waals surface area contributed by atoms with Crippen LogP contribution in [0.15, 0.2) is 48.0 Å². The maximum Gasteiger partial charge on any atom is 0.295 e. The number of hydrogen-bond donors (Lipinski definition) is 2. The van der Waals surface area contributed by atoms with Gasteiger partial charge in [-0.3, -0.25) is 9.59 Å². The Morgan fingerprint density at radius 1 is 1.13 bits per heavy atom. The first-order valence-electron chi connectivity index (χ1n) is 9.66. The molecular weight excluding hydrogens is 423 g/mol. The number of rotatable bonds is 4. The fourth-order valence-electron chi connectivity index (χ4n) is 4.10. The molecule has 1 amide bonds. The number of aromatic amines is 1. The zero-order chi connectivity index (χ0) is 21.6. The fraction of sp³-hybridized carbons (Fsp3) is 0.217. The summed E-state index contributed by atoms with van der Waals surface area (Å²) in [7, 11) is 0. The number of likely N-dealkylation sites (tertiary alicyclic amines) is 1. The van der Waals surface area contributed by atoms with Crippen LogP contribution in [-0.4, -0.2) is 33.2 Å². The Morgan fingerprint density at radius 3 is 2.57 bits per heavy atom. The molecule has 1 fully saturated rings. The first-order chi connectivity index (χ1) is 14.3. The van der Waals surface area contributed by atoms with Crippen LogP contribution >= 0.6 is 23.2 Å². The van der Waals surface area contributed by atoms with E-state index in [0.717, 1.165) is 22.2 Å². The van der Waals surface area contributed by atoms with Gasteiger partial charge in [0.1, 0.15) is 5.76 Å². The number of Topliss-reactive ketones (excluding diaryl/α,β-unsaturated/α-hetero) is 1. The van der Waals surface area contributed by atoms with Crippen molar-refractivity contribution >= 4 is 51.6 Å². The van der Waals surface area contributed by atoms with Crippen molar-refractivity contribution in [3.8, 4) is 0 Å². The smallest absolute Gasteiger partial charge is 0.295 e. The highest BCUT2D eigenvalue weighted by Gasteiger charge is 2.47. The lowest BCUT2D eigenvalue weighted by Gasteiger charge is -2.25. The summed E-state index contributed by atoms with van der Waals surface area (Å²) in [6.45, 7) is 4.24. The molecule has 1 saturated heterocycles. The largest absolute Gasteiger partial charge is 0.507 e. The number of halogens is 2. The van der Waals surface area contributed by atoms with E-state index in [1.165, 1.54) is 11.0 Å². The van der Waals surface area contributed by atoms with Crippen molar-refractivity contribution in [2.45, 2.75) is 26.3 Å². The SMILES string of the molecule is CCCN1C(=O)C(=O)/C(=C(/O)c2ccc(Cl)c(Cl)c2)C1c1c(C)[nH]c2ccccc12. The minimum atomic E-state index is -0.707. The highest BCUT2D eigenvalue weighted by atomic mass is 35.5. The molecule has 0 saturated carbocycles. The van der Waals surface area contributed by atoms with Crippen molar-refractivity contribution in [3.05, 3.63) is 74.9 Å². The second kappa shape index (κ2) is 7.82. The van der Waals surface area contributed by atoms with Crippen LogP contribution in [0.25, 0.3) is 16.7 Å². The number of aliphatic hydroxyl groups excluding tert-OH is 1. The van der Waals surface area contributed by atoms with Gasteiger partial charge in [-0.1, -0.05) is 48.3 Å². The van der Waals surface area contributed by atoms with Crippen LogP contribution in [0.3, 0.4) is 0 Å². The van der Waals surface area contributed by atoms with Gasteiger partial charge in [-0.15, -0.1) is 0 Å². The minimum Gasteiger partial charge on any atom is -0.507 e. The van der Waals surface area contributed by atoms with E-state index < -0.39 is 17.7 Å². The van der Waals surface area contributed by atoms with Gasteiger partial charge in [0.05, 0.1) is 21.7 Å². The number of amides is 1. The zero-order valence-electron chi connectivity index (χ0n) is 16.5. The number of ketones is 1. The molecule has 30 heavy (non-hydrogen) atoms. The summed E-state index contributed by atoms with van der Waals surface area (Å²) in [5.41, 5.74) is 2.94. The molecule has 0 bridgehead atoms. The number of hydrogen-bond acceptors (Lipinski definition) is 3. The second-order valence-electron chi connectivity index (χ2n) is 7.33. The van der Waals surface area contributed by atoms with E-state index >= 15 is 0 Å². The van der Waals surface area contributed by atoms with Crippen LogP contribution in [-0.2, 0) is 9.59 Å². The third-order valence-corrected chi connectivity index (χ3v) is 6.15. The number of fused-ring (bicyclic) bond motifs is 1. The molecule has 0 radical (unpaired) electrons. The molecule has 1 aliphatic rings. The Balaban J connectivity index is 1.99. The van der Waals surface area contributed by atoms with E-state index in [-0.39, 0.29) is 16.4 Å². The predicted octanol–water partition coefficient (Wildman–Crippen LogP) is 5.61. The molecule has 1 unspecified atom stereocenters. The number of aryl methyl sites for hydroxylation is 1. The Bertz CT molecular complexity index is 1210. The second-order valence-corrected chi connectivity index (χ2v) is 8.15. The number of benzene rings is 2. The number of nitrogens with one attached hydrogen (secondary N) is 1. The van der Waals surface area contributed by atoms with Crippen molar-refractivity contribution in [1.82, 2.24) is 9.88 Å². The van der Waals surface area contributed by atoms with Crippen molar-refractivity contribution in [3.63, 3.8) is 0 Å². The topological polar surface area (TPSA) is 73.4 Å². The Kier molecular flexibility index (Phi) is 5.35. The van der Waals surface area contributed by atoms with Crippen molar-refractivity contribution in [2.75, 3.05) is 6.54 Å². The van der Waals surface area contributed by atoms with Gasteiger partial charge in [-0.25, -0.2) is 0 Å². The lowest BCUT2D eigenvalue weighted by atomic mass is 9.93. The lowest BCUT2D eigenvalue weighted by Crippen LogP contribution is -2.30. The van der Waals surface area contributed by atoms with Crippen molar-refractivity contribution in [1.29, 1.82) is 0 Å². The molecule has 1 aromatic heterocycles. The molecule has 7 heteroatoms. The number of nitrogens with zero attached hydrogens (tertiary/aromatic N) is 1. The number of H-pyrrole nitrogens is 1. The molecule has 2 heterocycles. The van der Waals surface area contributed by atoms with Gasteiger partial charge in [-0.05, 0) is 37.6 Å². The predicted molar refractivity (Wildman–Crippen MR) is 119 cm³/mol. The monoisotopic (exact) mass is 442 g/mol. The van der Waals surface area contributed by atoms with E-state index in [2.05, 4.69) is 4.98 Å². The van der Waals surface area contributed by atoms with Gasteiger partial charge in [-0.2, -0.15) is 0 Å². The van der Waals surface area contributed by atoms with E-state index in [1.807, 2.05) is 38.1 Å². The zero-order valence-corrected chi connectivity index (χ0v) is 18.0. The quantitative estimate of drug-likeness (QED) is 0.313. The molecule has 2 aromatic carbocycles. The summed E-state index contributed by atoms with van der Waals surface area (Å²) < 4.78 is 0. The molecule has 3 aromatic rings. The Hall–Kier alpha value is -2.76. The molecule has 1 atom stereocenters. The maximum atomic E-state index is 13.0. The number of carbonyl (C=O) groups excluding carboxylic acids is 2. The van der Waals surface area contributed by atoms with E-state index in [9.17, 15) is 14.7 Å². The standard InChI is InChI=1S/C23H20Cl2N2O3/c1-3-10-27-20(18-12(2)26-17-7-5-4-6-14(17)18)19(22(29)23(27)30)21(28)13-8-9-15(24)16(25)11-13/h4-9,11,20,26,28H,3,10H2,1-2H3/b21-19+. The number of para-hydroxylation sites is 1. The van der Waals surface area contributed by atoms with Crippen LogP contribution in [0, 0.1) is 6.92 Å². The van der Waals surface area contributed by atoms with Crippen molar-refractivity contribution in [2.24, 2.45) is 0 Å². The first kappa shape index (κ1) is 20.5. The van der Waals surface area contributed by atoms with Gasteiger partial charge < -0.3 is 15.0 Å². The van der Waals surface area contributed by atoms with Gasteiger partial charge >= 0.3 is 0 Å². The summed E-state index contributed by atoms with van der Waals surface area (Å²) >= 11 is 12.1. The summed E-state index contributed by atoms with van der Waals surface area (Å²) in [4.78, 5) is 30.8. The summed E-state index contributed by atoms with van der Waals surface area (Å²) in [6.07, 6.45) is 0.678. The Labute approximate surface area is 183 Å². The number of aliphatic hydroxyl groups is 1. The molecule has 0 aliphatic carbocycles. The van der Waals surface area contributed by atoms with Gasteiger partial charge in [0.25, 0.3) is 11.7 Å². The summed E-state index contributed by atoms with van der Waals surface area (Å²) in [5.74, 6) is -1.59. The van der Waals surface area contributed by atoms with Crippen LogP contribution < -0.4 is 0 Å². The van der Waals surface area contributed by atoms with Gasteiger partial charge in [0, 0.05) is 34.3 Å². The normalized spacial score (nSPS) is 18.5. The molecule has 0 spiro atoms. The van der Waals surface area contributed by atoms with Crippen LogP contribution in [0.2, 0.25) is 10.0 Å². The number of aromatic nitrogens is 1. The highest BCUT2D eigenvalue weighted by Crippen LogP contribution is 2.43. The molecular formula is C23H20Cl2N2O3. The third kappa shape index (κ3) is 3.18. The molecule has 1 aliphatic heterocycles. The average molecular weight is 443 g/mol. The lowest BCUT2D eigenvalue weighted by molar-refractivity contribution is -0.139. The molecule has 4 rings (SSSR count). The summed E-state index contributed by atoms with van der Waals surface area (Å²) in [6, 6.07) is 11.6. The third-order valence-electron chi connectivity index (χ3n) is 5.41. The number of carbonyl (C=O) groups is 2. The van der Waals surface area contributed by atoms with E-state index in [4.69, 9.17) is 23.2 Å². The molecule has 5 nitrogen and oxygen atoms in total. The van der Waals surface area contributed by atoms with Crippen LogP contribution in [0.1, 0.15) is 36.2 Å². The molecule has 2 N–H and O–H groups in total. The first-order valence-corrected chi connectivity index (χ1v) is 10.4. The van der Waals surface area contributed by atoms with E-state index in [1.54, 1.807) is 12.1 Å². The maximum absolute atomic E-state index is 13.0. The Morgan fingerprint density at radius 2 is 1.87 bits per heavy atom. The summed E-state index contributed by atoms with van der Waals surface area (Å²) in [5, 5.41) is 12.6. The van der Waals surface area contributed by atoms with Gasteiger partial charge in [0.2, 0.25) is 0 Å². The van der Waals surface area contributed by atoms with Crippen LogP contribution in [0.4, 0.5) is 0 Å². The van der Waals surface area contributed by atoms with Gasteiger partial charge in [0.15, 0.2) is 0 Å². The van der Waals surface area contributed by atoms with Crippen molar-refractivity contribution < 1.29 is 14.7 Å². The van der Waals surface area contributed by atoms with Crippen LogP contribution in [0.5, 0.6) is 0 Å². The fourth-order valence-corrected chi connectivity index (χ4v) is 4.40. The average Bonchev–Trinajstić information content (AvgIpc) is 3.17. The highest BCUT2D eigenvalue weighted by molar-refractivity contribution is 6.47. The van der Waals surface area contributed by atoms with E-state index in [0.29, 0.717) is 23.6 Å².